The quantitative estimate of drug-likeness (QED) is 0.715. The van der Waals surface area contributed by atoms with Gasteiger partial charge < -0.3 is 0 Å². The predicted molar refractivity (Wildman–Crippen MR) is 76.6 cm³/mol. The van der Waals surface area contributed by atoms with E-state index in [1.54, 1.807) is 0 Å². The van der Waals surface area contributed by atoms with E-state index in [1.165, 1.54) is 0 Å². The second-order valence-electron chi connectivity index (χ2n) is 4.25. The lowest BCUT2D eigenvalue weighted by molar-refractivity contribution is 0.177. The van der Waals surface area contributed by atoms with Crippen molar-refractivity contribution in [1.29, 1.82) is 0 Å². The first-order chi connectivity index (χ1) is 9.42. The largest absolute Gasteiger partial charge is 0.270 e. The third-order valence-corrected chi connectivity index (χ3v) is 2.84. The highest BCUT2D eigenvalue weighted by atomic mass is 16.6. The molecule has 3 aromatic rings. The van der Waals surface area contributed by atoms with Crippen LogP contribution >= 0.6 is 0 Å². The summed E-state index contributed by atoms with van der Waals surface area (Å²) in [6.45, 7) is 0.430. The Bertz CT molecular complexity index is 668. The number of para-hydroxylation sites is 2. The van der Waals surface area contributed by atoms with Crippen molar-refractivity contribution in [3.05, 3.63) is 72.4 Å². The Hall–Kier alpha value is -2.39. The molecular formula is C16H14N2O. The predicted octanol–water partition coefficient (Wildman–Crippen LogP) is 3.78. The van der Waals surface area contributed by atoms with E-state index in [1.807, 2.05) is 54.6 Å². The topological polar surface area (TPSA) is 34.1 Å². The molecule has 0 atom stereocenters. The smallest absolute Gasteiger partial charge is 0.117 e. The number of fused-ring (bicyclic) bond motifs is 1. The minimum Gasteiger partial charge on any atom is -0.270 e. The summed E-state index contributed by atoms with van der Waals surface area (Å²) in [5.74, 6) is 0. The third-order valence-electron chi connectivity index (χ3n) is 2.84. The number of benzene rings is 2. The normalized spacial score (nSPS) is 10.5. The van der Waals surface area contributed by atoms with Crippen LogP contribution in [0.4, 0.5) is 5.69 Å². The molecule has 0 fully saturated rings. The van der Waals surface area contributed by atoms with Gasteiger partial charge in [-0.2, -0.15) is 0 Å². The van der Waals surface area contributed by atoms with Gasteiger partial charge in [0, 0.05) is 5.39 Å². The Morgan fingerprint density at radius 3 is 2.53 bits per heavy atom. The molecule has 0 amide bonds. The molecule has 0 spiro atoms. The van der Waals surface area contributed by atoms with E-state index >= 15 is 0 Å². The Morgan fingerprint density at radius 2 is 1.63 bits per heavy atom. The molecule has 0 bridgehead atoms. The molecule has 0 aliphatic heterocycles. The van der Waals surface area contributed by atoms with Crippen molar-refractivity contribution in [2.75, 3.05) is 5.48 Å². The van der Waals surface area contributed by atoms with Crippen LogP contribution in [-0.2, 0) is 11.4 Å². The van der Waals surface area contributed by atoms with Crippen molar-refractivity contribution >= 4 is 16.6 Å². The summed E-state index contributed by atoms with van der Waals surface area (Å²) >= 11 is 0. The first-order valence-corrected chi connectivity index (χ1v) is 6.19. The van der Waals surface area contributed by atoms with Gasteiger partial charge in [0.15, 0.2) is 0 Å². The van der Waals surface area contributed by atoms with E-state index in [0.29, 0.717) is 6.61 Å². The molecule has 0 aliphatic carbocycles. The molecule has 3 nitrogen and oxygen atoms in total. The molecule has 2 aromatic carbocycles. The lowest BCUT2D eigenvalue weighted by atomic mass is 10.2. The zero-order valence-electron chi connectivity index (χ0n) is 10.4. The number of aromatic nitrogens is 1. The number of nitrogens with zero attached hydrogens (tertiary/aromatic N) is 1. The Labute approximate surface area is 111 Å². The van der Waals surface area contributed by atoms with Crippen molar-refractivity contribution in [3.63, 3.8) is 0 Å². The highest BCUT2D eigenvalue weighted by molar-refractivity contribution is 5.78. The molecule has 3 heteroatoms. The maximum Gasteiger partial charge on any atom is 0.117 e. The summed E-state index contributed by atoms with van der Waals surface area (Å²) in [6, 6.07) is 21.9. The Kier molecular flexibility index (Phi) is 3.38. The van der Waals surface area contributed by atoms with Crippen LogP contribution in [0.1, 0.15) is 5.69 Å². The molecule has 0 radical (unpaired) electrons. The molecule has 19 heavy (non-hydrogen) atoms. The highest BCUT2D eigenvalue weighted by Crippen LogP contribution is 2.12. The van der Waals surface area contributed by atoms with Gasteiger partial charge in [0.25, 0.3) is 0 Å². The van der Waals surface area contributed by atoms with Crippen LogP contribution in [0, 0.1) is 0 Å². The van der Waals surface area contributed by atoms with Crippen LogP contribution in [0.3, 0.4) is 0 Å². The zero-order chi connectivity index (χ0) is 12.9. The van der Waals surface area contributed by atoms with E-state index in [0.717, 1.165) is 22.3 Å². The summed E-state index contributed by atoms with van der Waals surface area (Å²) in [4.78, 5) is 9.98. The summed E-state index contributed by atoms with van der Waals surface area (Å²) in [6.07, 6.45) is 0. The first kappa shape index (κ1) is 11.7. The monoisotopic (exact) mass is 250 g/mol. The van der Waals surface area contributed by atoms with Crippen LogP contribution in [0.25, 0.3) is 10.9 Å². The van der Waals surface area contributed by atoms with Crippen LogP contribution in [0.5, 0.6) is 0 Å². The zero-order valence-corrected chi connectivity index (χ0v) is 10.4. The number of anilines is 1. The fraction of sp³-hybridized carbons (Fsp3) is 0.0625. The van der Waals surface area contributed by atoms with Gasteiger partial charge in [-0.1, -0.05) is 42.5 Å². The standard InChI is InChI=1S/C16H14N2O/c1-2-7-14(8-3-1)18-19-12-15-11-10-13-6-4-5-9-16(13)17-15/h1-11,18H,12H2. The second kappa shape index (κ2) is 5.50. The maximum atomic E-state index is 5.44. The van der Waals surface area contributed by atoms with Gasteiger partial charge in [-0.15, -0.1) is 0 Å². The summed E-state index contributed by atoms with van der Waals surface area (Å²) in [5.41, 5.74) is 5.73. The number of hydrogen-bond acceptors (Lipinski definition) is 3. The van der Waals surface area contributed by atoms with E-state index in [2.05, 4.69) is 22.6 Å². The fourth-order valence-corrected chi connectivity index (χ4v) is 1.89. The van der Waals surface area contributed by atoms with E-state index in [4.69, 9.17) is 4.84 Å². The lowest BCUT2D eigenvalue weighted by Gasteiger charge is -2.07. The van der Waals surface area contributed by atoms with Crippen molar-refractivity contribution in [1.82, 2.24) is 4.98 Å². The highest BCUT2D eigenvalue weighted by Gasteiger charge is 1.98. The molecule has 3 rings (SSSR count). The average Bonchev–Trinajstić information content (AvgIpc) is 2.48. The van der Waals surface area contributed by atoms with Crippen molar-refractivity contribution < 1.29 is 4.84 Å². The van der Waals surface area contributed by atoms with E-state index < -0.39 is 0 Å². The minimum absolute atomic E-state index is 0.430. The van der Waals surface area contributed by atoms with Crippen molar-refractivity contribution in [2.24, 2.45) is 0 Å². The van der Waals surface area contributed by atoms with Crippen LogP contribution in [0.15, 0.2) is 66.7 Å². The Balaban J connectivity index is 1.65. The summed E-state index contributed by atoms with van der Waals surface area (Å²) in [5, 5.41) is 1.14. The van der Waals surface area contributed by atoms with Gasteiger partial charge in [0.2, 0.25) is 0 Å². The van der Waals surface area contributed by atoms with Gasteiger partial charge in [-0.25, -0.2) is 0 Å². The first-order valence-electron chi connectivity index (χ1n) is 6.19. The van der Waals surface area contributed by atoms with E-state index in [-0.39, 0.29) is 0 Å². The van der Waals surface area contributed by atoms with Gasteiger partial charge in [-0.05, 0) is 24.3 Å². The van der Waals surface area contributed by atoms with Crippen LogP contribution in [0.2, 0.25) is 0 Å². The minimum atomic E-state index is 0.430. The molecule has 1 N–H and O–H groups in total. The number of hydrogen-bond donors (Lipinski definition) is 1. The molecule has 0 saturated heterocycles. The second-order valence-corrected chi connectivity index (χ2v) is 4.25. The number of rotatable bonds is 4. The molecule has 0 saturated carbocycles. The van der Waals surface area contributed by atoms with Crippen LogP contribution < -0.4 is 5.48 Å². The van der Waals surface area contributed by atoms with Crippen LogP contribution in [-0.4, -0.2) is 4.98 Å². The maximum absolute atomic E-state index is 5.44. The third kappa shape index (κ3) is 2.89. The van der Waals surface area contributed by atoms with Gasteiger partial charge in [-0.3, -0.25) is 15.3 Å². The van der Waals surface area contributed by atoms with E-state index in [9.17, 15) is 0 Å². The average molecular weight is 250 g/mol. The van der Waals surface area contributed by atoms with Gasteiger partial charge in [0.1, 0.15) is 6.61 Å². The SMILES string of the molecule is c1ccc(NOCc2ccc3ccccc3n2)cc1. The van der Waals surface area contributed by atoms with Crippen molar-refractivity contribution in [2.45, 2.75) is 6.61 Å². The summed E-state index contributed by atoms with van der Waals surface area (Å²) in [7, 11) is 0. The molecule has 0 aliphatic rings. The Morgan fingerprint density at radius 1 is 0.842 bits per heavy atom. The lowest BCUT2D eigenvalue weighted by Crippen LogP contribution is -2.02. The molecule has 0 unspecified atom stereocenters. The number of pyridine rings is 1. The number of nitrogens with one attached hydrogen (secondary N) is 1. The van der Waals surface area contributed by atoms with Crippen molar-refractivity contribution in [3.8, 4) is 0 Å². The summed E-state index contributed by atoms with van der Waals surface area (Å²) < 4.78 is 0. The fourth-order valence-electron chi connectivity index (χ4n) is 1.89. The molecule has 1 aromatic heterocycles. The molecule has 1 heterocycles. The molecule has 94 valence electrons. The molecular weight excluding hydrogens is 236 g/mol. The van der Waals surface area contributed by atoms with Gasteiger partial charge >= 0.3 is 0 Å². The van der Waals surface area contributed by atoms with Gasteiger partial charge in [0.05, 0.1) is 16.9 Å².